The van der Waals surface area contributed by atoms with Crippen molar-refractivity contribution >= 4 is 17.4 Å². The molecule has 0 aliphatic carbocycles. The van der Waals surface area contributed by atoms with Gasteiger partial charge in [0.15, 0.2) is 5.78 Å². The molecule has 0 aromatic heterocycles. The van der Waals surface area contributed by atoms with Crippen LogP contribution >= 0.6 is 11.6 Å². The van der Waals surface area contributed by atoms with Crippen molar-refractivity contribution in [1.82, 2.24) is 5.32 Å². The SMILES string of the molecule is CNC(C)C(=O)c1ccccc1Cl. The van der Waals surface area contributed by atoms with Crippen molar-refractivity contribution in [3.8, 4) is 0 Å². The van der Waals surface area contributed by atoms with Crippen LogP contribution in [0.5, 0.6) is 0 Å². The first-order chi connectivity index (χ1) is 6.16. The van der Waals surface area contributed by atoms with Gasteiger partial charge in [0.05, 0.1) is 11.1 Å². The summed E-state index contributed by atoms with van der Waals surface area (Å²) in [5.41, 5.74) is 0.575. The number of hydrogen-bond donors (Lipinski definition) is 1. The smallest absolute Gasteiger partial charge is 0.180 e. The Morgan fingerprint density at radius 2 is 2.08 bits per heavy atom. The van der Waals surface area contributed by atoms with Gasteiger partial charge < -0.3 is 5.32 Å². The fourth-order valence-corrected chi connectivity index (χ4v) is 1.25. The Hall–Kier alpha value is -0.860. The topological polar surface area (TPSA) is 29.1 Å². The van der Waals surface area contributed by atoms with Gasteiger partial charge >= 0.3 is 0 Å². The Morgan fingerprint density at radius 3 is 2.62 bits per heavy atom. The Morgan fingerprint density at radius 1 is 1.46 bits per heavy atom. The number of carbonyl (C=O) groups excluding carboxylic acids is 1. The molecule has 1 aromatic rings. The van der Waals surface area contributed by atoms with E-state index in [0.717, 1.165) is 0 Å². The van der Waals surface area contributed by atoms with E-state index in [4.69, 9.17) is 11.6 Å². The number of nitrogens with one attached hydrogen (secondary N) is 1. The second-order valence-electron chi connectivity index (χ2n) is 2.85. The third kappa shape index (κ3) is 2.29. The molecular weight excluding hydrogens is 186 g/mol. The maximum absolute atomic E-state index is 11.6. The van der Waals surface area contributed by atoms with Crippen LogP contribution in [0.2, 0.25) is 5.02 Å². The van der Waals surface area contributed by atoms with E-state index in [0.29, 0.717) is 10.6 Å². The second kappa shape index (κ2) is 4.40. The largest absolute Gasteiger partial charge is 0.310 e. The maximum atomic E-state index is 11.6. The third-order valence-electron chi connectivity index (χ3n) is 1.97. The zero-order valence-electron chi connectivity index (χ0n) is 7.67. The van der Waals surface area contributed by atoms with Crippen LogP contribution in [0.4, 0.5) is 0 Å². The van der Waals surface area contributed by atoms with Gasteiger partial charge in [0.1, 0.15) is 0 Å². The minimum Gasteiger partial charge on any atom is -0.310 e. The summed E-state index contributed by atoms with van der Waals surface area (Å²) in [6, 6.07) is 6.88. The minimum atomic E-state index is -0.195. The summed E-state index contributed by atoms with van der Waals surface area (Å²) in [5, 5.41) is 3.39. The Kier molecular flexibility index (Phi) is 3.46. The monoisotopic (exact) mass is 197 g/mol. The predicted octanol–water partition coefficient (Wildman–Crippen LogP) is 2.13. The molecule has 0 saturated heterocycles. The number of hydrogen-bond acceptors (Lipinski definition) is 2. The lowest BCUT2D eigenvalue weighted by atomic mass is 10.1. The molecule has 13 heavy (non-hydrogen) atoms. The molecule has 1 unspecified atom stereocenters. The van der Waals surface area contributed by atoms with Crippen LogP contribution < -0.4 is 5.32 Å². The molecule has 1 rings (SSSR count). The Balaban J connectivity index is 2.95. The van der Waals surface area contributed by atoms with Crippen molar-refractivity contribution in [3.63, 3.8) is 0 Å². The van der Waals surface area contributed by atoms with Crippen LogP contribution in [0.15, 0.2) is 24.3 Å². The number of rotatable bonds is 3. The molecule has 1 N–H and O–H groups in total. The zero-order valence-corrected chi connectivity index (χ0v) is 8.43. The molecule has 3 heteroatoms. The molecule has 70 valence electrons. The Bertz CT molecular complexity index is 312. The van der Waals surface area contributed by atoms with E-state index in [2.05, 4.69) is 5.32 Å². The summed E-state index contributed by atoms with van der Waals surface area (Å²) in [4.78, 5) is 11.6. The molecule has 0 heterocycles. The molecule has 0 spiro atoms. The average Bonchev–Trinajstić information content (AvgIpc) is 2.16. The summed E-state index contributed by atoms with van der Waals surface area (Å²) in [6.45, 7) is 1.81. The van der Waals surface area contributed by atoms with E-state index in [9.17, 15) is 4.79 Å². The molecule has 0 amide bonds. The molecule has 0 aliphatic heterocycles. The van der Waals surface area contributed by atoms with Gasteiger partial charge in [-0.05, 0) is 26.1 Å². The second-order valence-corrected chi connectivity index (χ2v) is 3.26. The molecule has 1 atom stereocenters. The Labute approximate surface area is 82.9 Å². The number of halogens is 1. The number of ketones is 1. The molecule has 2 nitrogen and oxygen atoms in total. The van der Waals surface area contributed by atoms with Crippen LogP contribution in [0, 0.1) is 0 Å². The number of carbonyl (C=O) groups is 1. The van der Waals surface area contributed by atoms with E-state index in [1.807, 2.05) is 19.1 Å². The van der Waals surface area contributed by atoms with Crippen LogP contribution in [-0.4, -0.2) is 18.9 Å². The van der Waals surface area contributed by atoms with Crippen LogP contribution in [-0.2, 0) is 0 Å². The quantitative estimate of drug-likeness (QED) is 0.753. The van der Waals surface area contributed by atoms with E-state index in [1.165, 1.54) is 0 Å². The average molecular weight is 198 g/mol. The molecular formula is C10H12ClNO. The first kappa shape index (κ1) is 10.2. The summed E-state index contributed by atoms with van der Waals surface area (Å²) < 4.78 is 0. The van der Waals surface area contributed by atoms with Gasteiger partial charge in [-0.15, -0.1) is 0 Å². The normalized spacial score (nSPS) is 12.5. The molecule has 1 aromatic carbocycles. The van der Waals surface area contributed by atoms with E-state index in [1.54, 1.807) is 19.2 Å². The highest BCUT2D eigenvalue weighted by atomic mass is 35.5. The van der Waals surface area contributed by atoms with Gasteiger partial charge in [0, 0.05) is 5.56 Å². The molecule has 0 aliphatic rings. The number of likely N-dealkylation sites (N-methyl/N-ethyl adjacent to an activating group) is 1. The molecule has 0 saturated carbocycles. The van der Waals surface area contributed by atoms with Crippen molar-refractivity contribution in [2.24, 2.45) is 0 Å². The van der Waals surface area contributed by atoms with Crippen molar-refractivity contribution < 1.29 is 4.79 Å². The maximum Gasteiger partial charge on any atom is 0.180 e. The predicted molar refractivity (Wildman–Crippen MR) is 54.3 cm³/mol. The van der Waals surface area contributed by atoms with Crippen LogP contribution in [0.25, 0.3) is 0 Å². The van der Waals surface area contributed by atoms with Crippen molar-refractivity contribution in [3.05, 3.63) is 34.9 Å². The molecule has 0 fully saturated rings. The number of benzene rings is 1. The van der Waals surface area contributed by atoms with Gasteiger partial charge in [0.2, 0.25) is 0 Å². The fraction of sp³-hybridized carbons (Fsp3) is 0.300. The van der Waals surface area contributed by atoms with Gasteiger partial charge in [-0.1, -0.05) is 23.7 Å². The van der Waals surface area contributed by atoms with E-state index in [-0.39, 0.29) is 11.8 Å². The molecule has 0 bridgehead atoms. The van der Waals surface area contributed by atoms with Crippen LogP contribution in [0.3, 0.4) is 0 Å². The van der Waals surface area contributed by atoms with Crippen molar-refractivity contribution in [2.75, 3.05) is 7.05 Å². The first-order valence-electron chi connectivity index (χ1n) is 4.13. The van der Waals surface area contributed by atoms with Gasteiger partial charge in [-0.2, -0.15) is 0 Å². The first-order valence-corrected chi connectivity index (χ1v) is 4.50. The lowest BCUT2D eigenvalue weighted by Gasteiger charge is -2.09. The highest BCUT2D eigenvalue weighted by Crippen LogP contribution is 2.16. The fourth-order valence-electron chi connectivity index (χ4n) is 1.03. The standard InChI is InChI=1S/C10H12ClNO/c1-7(12-2)10(13)8-5-3-4-6-9(8)11/h3-7,12H,1-2H3. The minimum absolute atomic E-state index is 0.0214. The summed E-state index contributed by atoms with van der Waals surface area (Å²) >= 11 is 5.87. The summed E-state index contributed by atoms with van der Waals surface area (Å²) in [7, 11) is 1.75. The summed E-state index contributed by atoms with van der Waals surface area (Å²) in [6.07, 6.45) is 0. The van der Waals surface area contributed by atoms with Gasteiger partial charge in [0.25, 0.3) is 0 Å². The third-order valence-corrected chi connectivity index (χ3v) is 2.30. The molecule has 0 radical (unpaired) electrons. The van der Waals surface area contributed by atoms with Gasteiger partial charge in [-0.25, -0.2) is 0 Å². The lowest BCUT2D eigenvalue weighted by molar-refractivity contribution is 0.0955. The van der Waals surface area contributed by atoms with E-state index >= 15 is 0 Å². The lowest BCUT2D eigenvalue weighted by Crippen LogP contribution is -2.30. The van der Waals surface area contributed by atoms with Gasteiger partial charge in [-0.3, -0.25) is 4.79 Å². The number of Topliss-reactive ketones (excluding diaryl/α,β-unsaturated/α-hetero) is 1. The summed E-state index contributed by atoms with van der Waals surface area (Å²) in [5.74, 6) is 0.0214. The van der Waals surface area contributed by atoms with Crippen LogP contribution in [0.1, 0.15) is 17.3 Å². The zero-order chi connectivity index (χ0) is 9.84. The highest BCUT2D eigenvalue weighted by Gasteiger charge is 2.14. The van der Waals surface area contributed by atoms with Crippen molar-refractivity contribution in [1.29, 1.82) is 0 Å². The van der Waals surface area contributed by atoms with Crippen molar-refractivity contribution in [2.45, 2.75) is 13.0 Å². The highest BCUT2D eigenvalue weighted by molar-refractivity contribution is 6.34. The van der Waals surface area contributed by atoms with E-state index < -0.39 is 0 Å².